The molecule has 0 aromatic rings. The lowest BCUT2D eigenvalue weighted by Gasteiger charge is -2.29. The smallest absolute Gasteiger partial charge is 0.0871 e. The van der Waals surface area contributed by atoms with Crippen LogP contribution >= 0.6 is 12.6 Å². The summed E-state index contributed by atoms with van der Waals surface area (Å²) in [5.41, 5.74) is 0. The molecule has 0 saturated carbocycles. The molecule has 18 heavy (non-hydrogen) atoms. The van der Waals surface area contributed by atoms with Crippen molar-refractivity contribution in [1.29, 1.82) is 0 Å². The highest BCUT2D eigenvalue weighted by molar-refractivity contribution is 7.80. The van der Waals surface area contributed by atoms with E-state index in [1.165, 1.54) is 70.9 Å². The lowest BCUT2D eigenvalue weighted by Crippen LogP contribution is -3.00. The van der Waals surface area contributed by atoms with Gasteiger partial charge in [-0.3, -0.25) is 0 Å². The molecule has 0 bridgehead atoms. The average Bonchev–Trinajstić information content (AvgIpc) is 2.27. The first-order valence-corrected chi connectivity index (χ1v) is 8.18. The maximum absolute atomic E-state index is 4.32. The van der Waals surface area contributed by atoms with Crippen molar-refractivity contribution in [2.75, 3.05) is 32.9 Å². The van der Waals surface area contributed by atoms with Crippen LogP contribution in [0.25, 0.3) is 0 Å². The molecule has 0 aromatic carbocycles. The van der Waals surface area contributed by atoms with Crippen LogP contribution in [0, 0.1) is 0 Å². The zero-order valence-corrected chi connectivity index (χ0v) is 15.2. The van der Waals surface area contributed by atoms with E-state index in [-0.39, 0.29) is 17.0 Å². The molecule has 0 rings (SSSR count). The molecule has 0 aromatic heterocycles. The highest BCUT2D eigenvalue weighted by Gasteiger charge is 2.12. The molecule has 112 valence electrons. The molecule has 0 aliphatic rings. The van der Waals surface area contributed by atoms with Crippen molar-refractivity contribution in [2.24, 2.45) is 0 Å². The third-order valence-corrected chi connectivity index (χ3v) is 3.77. The van der Waals surface area contributed by atoms with Crippen LogP contribution in [-0.2, 0) is 0 Å². The highest BCUT2D eigenvalue weighted by atomic mass is 79.9. The maximum Gasteiger partial charge on any atom is 0.0871 e. The minimum atomic E-state index is 0. The summed E-state index contributed by atoms with van der Waals surface area (Å²) in [5, 5.41) is 0. The van der Waals surface area contributed by atoms with Crippen LogP contribution in [0.2, 0.25) is 0 Å². The van der Waals surface area contributed by atoms with E-state index in [4.69, 9.17) is 0 Å². The van der Waals surface area contributed by atoms with Crippen LogP contribution in [0.5, 0.6) is 0 Å². The molecule has 0 fully saturated rings. The molecule has 0 aliphatic heterocycles. The summed E-state index contributed by atoms with van der Waals surface area (Å²) in [7, 11) is 4.64. The fraction of sp³-hybridized carbons (Fsp3) is 1.00. The number of nitrogens with zero attached hydrogens (tertiary/aromatic N) is 1. The molecule has 0 unspecified atom stereocenters. The van der Waals surface area contributed by atoms with E-state index >= 15 is 0 Å². The Balaban J connectivity index is 0. The Morgan fingerprint density at radius 3 is 1.61 bits per heavy atom. The van der Waals surface area contributed by atoms with Crippen LogP contribution in [0.1, 0.15) is 64.7 Å². The lowest BCUT2D eigenvalue weighted by atomic mass is 10.1. The largest absolute Gasteiger partial charge is 1.00 e. The second-order valence-corrected chi connectivity index (χ2v) is 6.38. The normalized spacial score (nSPS) is 11.3. The summed E-state index contributed by atoms with van der Waals surface area (Å²) in [6.07, 6.45) is 12.8. The van der Waals surface area contributed by atoms with Crippen LogP contribution in [-0.4, -0.2) is 37.4 Å². The zero-order valence-electron chi connectivity index (χ0n) is 12.8. The van der Waals surface area contributed by atoms with Gasteiger partial charge < -0.3 is 21.5 Å². The van der Waals surface area contributed by atoms with Gasteiger partial charge >= 0.3 is 0 Å². The predicted octanol–water partition coefficient (Wildman–Crippen LogP) is 1.53. The van der Waals surface area contributed by atoms with Gasteiger partial charge in [-0.15, -0.1) is 0 Å². The Bertz CT molecular complexity index is 163. The Morgan fingerprint density at radius 1 is 0.722 bits per heavy atom. The standard InChI is InChI=1S/C15H33NS.BrH/c1-4-5-6-7-8-9-10-11-12-13-16(2,3)14-15-17;/h4-15H2,1-3H3;1H. The number of hydrogen-bond donors (Lipinski definition) is 1. The van der Waals surface area contributed by atoms with E-state index in [0.29, 0.717) is 0 Å². The summed E-state index contributed by atoms with van der Waals surface area (Å²) in [4.78, 5) is 0. The first kappa shape index (κ1) is 21.1. The Hall–Kier alpha value is 0.790. The fourth-order valence-electron chi connectivity index (χ4n) is 2.23. The number of thiol groups is 1. The van der Waals surface area contributed by atoms with Crippen molar-refractivity contribution in [3.8, 4) is 0 Å². The van der Waals surface area contributed by atoms with E-state index in [1.807, 2.05) is 0 Å². The molecule has 0 N–H and O–H groups in total. The number of halogens is 1. The maximum atomic E-state index is 4.32. The quantitative estimate of drug-likeness (QED) is 0.311. The predicted molar refractivity (Wildman–Crippen MR) is 82.9 cm³/mol. The second kappa shape index (κ2) is 14.2. The molecule has 0 amide bonds. The molecule has 0 spiro atoms. The molecule has 1 nitrogen and oxygen atoms in total. The van der Waals surface area contributed by atoms with E-state index < -0.39 is 0 Å². The van der Waals surface area contributed by atoms with E-state index in [2.05, 4.69) is 33.6 Å². The van der Waals surface area contributed by atoms with E-state index in [1.54, 1.807) is 0 Å². The highest BCUT2D eigenvalue weighted by Crippen LogP contribution is 2.10. The van der Waals surface area contributed by atoms with Gasteiger partial charge in [0.25, 0.3) is 0 Å². The van der Waals surface area contributed by atoms with Gasteiger partial charge in [-0.2, -0.15) is 12.6 Å². The summed E-state index contributed by atoms with van der Waals surface area (Å²) >= 11 is 4.32. The summed E-state index contributed by atoms with van der Waals surface area (Å²) in [5.74, 6) is 1.00. The van der Waals surface area contributed by atoms with Crippen molar-refractivity contribution in [3.05, 3.63) is 0 Å². The minimum absolute atomic E-state index is 0. The topological polar surface area (TPSA) is 0 Å². The van der Waals surface area contributed by atoms with Gasteiger partial charge in [0, 0.05) is 5.75 Å². The second-order valence-electron chi connectivity index (χ2n) is 5.93. The van der Waals surface area contributed by atoms with Crippen molar-refractivity contribution >= 4 is 12.6 Å². The third-order valence-electron chi connectivity index (χ3n) is 3.57. The summed E-state index contributed by atoms with van der Waals surface area (Å²) < 4.78 is 1.14. The van der Waals surface area contributed by atoms with Gasteiger partial charge in [-0.25, -0.2) is 0 Å². The average molecular weight is 340 g/mol. The molecule has 0 atom stereocenters. The molecule has 0 heterocycles. The van der Waals surface area contributed by atoms with Gasteiger partial charge in [-0.05, 0) is 12.8 Å². The lowest BCUT2D eigenvalue weighted by molar-refractivity contribution is -0.888. The molecule has 0 aliphatic carbocycles. The number of hydrogen-bond acceptors (Lipinski definition) is 1. The van der Waals surface area contributed by atoms with Crippen molar-refractivity contribution in [3.63, 3.8) is 0 Å². The van der Waals surface area contributed by atoms with E-state index in [9.17, 15) is 0 Å². The Labute approximate surface area is 131 Å². The minimum Gasteiger partial charge on any atom is -1.00 e. The first-order valence-electron chi connectivity index (χ1n) is 7.55. The molecular formula is C15H34BrNS. The van der Waals surface area contributed by atoms with Crippen LogP contribution in [0.4, 0.5) is 0 Å². The SMILES string of the molecule is CCCCCCCCCCC[N+](C)(C)CCS.[Br-]. The Morgan fingerprint density at radius 2 is 1.17 bits per heavy atom. The van der Waals surface area contributed by atoms with Gasteiger partial charge in [0.15, 0.2) is 0 Å². The summed E-state index contributed by atoms with van der Waals surface area (Å²) in [6, 6.07) is 0. The van der Waals surface area contributed by atoms with Gasteiger partial charge in [0.05, 0.1) is 27.2 Å². The number of unbranched alkanes of at least 4 members (excludes halogenated alkanes) is 8. The van der Waals surface area contributed by atoms with Crippen molar-refractivity contribution in [1.82, 2.24) is 0 Å². The monoisotopic (exact) mass is 339 g/mol. The van der Waals surface area contributed by atoms with Gasteiger partial charge in [0.1, 0.15) is 0 Å². The molecule has 0 saturated heterocycles. The van der Waals surface area contributed by atoms with Crippen LogP contribution in [0.3, 0.4) is 0 Å². The van der Waals surface area contributed by atoms with Gasteiger partial charge in [-0.1, -0.05) is 51.9 Å². The number of quaternary nitrogens is 1. The number of rotatable bonds is 12. The molecular weight excluding hydrogens is 306 g/mol. The van der Waals surface area contributed by atoms with E-state index in [0.717, 1.165) is 10.2 Å². The molecule has 3 heteroatoms. The van der Waals surface area contributed by atoms with Gasteiger partial charge in [0.2, 0.25) is 0 Å². The first-order chi connectivity index (χ1) is 8.12. The van der Waals surface area contributed by atoms with Crippen molar-refractivity contribution in [2.45, 2.75) is 64.7 Å². The third kappa shape index (κ3) is 14.8. The Kier molecular flexibility index (Phi) is 16.6. The fourth-order valence-corrected chi connectivity index (χ4v) is 2.77. The van der Waals surface area contributed by atoms with Crippen molar-refractivity contribution < 1.29 is 21.5 Å². The zero-order chi connectivity index (χ0) is 13.0. The van der Waals surface area contributed by atoms with Crippen LogP contribution in [0.15, 0.2) is 0 Å². The summed E-state index contributed by atoms with van der Waals surface area (Å²) in [6.45, 7) is 4.79. The van der Waals surface area contributed by atoms with Crippen LogP contribution < -0.4 is 17.0 Å². The molecule has 0 radical (unpaired) electrons.